The van der Waals surface area contributed by atoms with Gasteiger partial charge in [-0.25, -0.2) is 0 Å². The van der Waals surface area contributed by atoms with E-state index >= 15 is 0 Å². The summed E-state index contributed by atoms with van der Waals surface area (Å²) in [4.78, 5) is 2.74. The number of rotatable bonds is 5. The molecule has 1 atom stereocenters. The summed E-state index contributed by atoms with van der Waals surface area (Å²) < 4.78 is 2.39. The lowest BCUT2D eigenvalue weighted by Gasteiger charge is -2.17. The molecule has 0 aromatic carbocycles. The van der Waals surface area contributed by atoms with Crippen molar-refractivity contribution in [2.24, 2.45) is 0 Å². The van der Waals surface area contributed by atoms with Crippen LogP contribution in [0.4, 0.5) is 0 Å². The summed E-state index contributed by atoms with van der Waals surface area (Å²) in [6.45, 7) is 5.42. The Hall–Kier alpha value is 0.320. The van der Waals surface area contributed by atoms with Crippen molar-refractivity contribution in [1.29, 1.82) is 0 Å². The van der Waals surface area contributed by atoms with Gasteiger partial charge in [-0.15, -0.1) is 22.7 Å². The molecule has 0 aliphatic heterocycles. The van der Waals surface area contributed by atoms with Gasteiger partial charge in [0.25, 0.3) is 0 Å². The van der Waals surface area contributed by atoms with Gasteiger partial charge in [-0.2, -0.15) is 0 Å². The van der Waals surface area contributed by atoms with Crippen molar-refractivity contribution in [2.45, 2.75) is 26.3 Å². The summed E-state index contributed by atoms with van der Waals surface area (Å²) in [5.41, 5.74) is 1.38. The summed E-state index contributed by atoms with van der Waals surface area (Å²) >= 11 is 10.7. The molecule has 0 bridgehead atoms. The molecule has 2 rings (SSSR count). The maximum atomic E-state index is 3.64. The molecule has 98 valence electrons. The Kier molecular flexibility index (Phi) is 5.45. The number of aryl methyl sites for hydroxylation is 1. The highest BCUT2D eigenvalue weighted by Crippen LogP contribution is 2.37. The number of hydrogen-bond acceptors (Lipinski definition) is 3. The van der Waals surface area contributed by atoms with Crippen LogP contribution in [0.25, 0.3) is 0 Å². The van der Waals surface area contributed by atoms with Crippen molar-refractivity contribution in [3.8, 4) is 0 Å². The SMILES string of the molecule is CCCNC(c1ccc(Br)s1)c1cc(Br)sc1C. The highest BCUT2D eigenvalue weighted by atomic mass is 79.9. The van der Waals surface area contributed by atoms with Crippen LogP contribution < -0.4 is 5.32 Å². The lowest BCUT2D eigenvalue weighted by molar-refractivity contribution is 0.605. The summed E-state index contributed by atoms with van der Waals surface area (Å²) in [7, 11) is 0. The molecular weight excluding hydrogens is 394 g/mol. The largest absolute Gasteiger partial charge is 0.306 e. The predicted octanol–water partition coefficient (Wildman–Crippen LogP) is 5.73. The molecule has 18 heavy (non-hydrogen) atoms. The van der Waals surface area contributed by atoms with Crippen LogP contribution in [0.15, 0.2) is 25.8 Å². The Morgan fingerprint density at radius 3 is 2.50 bits per heavy atom. The van der Waals surface area contributed by atoms with E-state index < -0.39 is 0 Å². The fourth-order valence-electron chi connectivity index (χ4n) is 1.88. The maximum absolute atomic E-state index is 3.64. The molecule has 2 aromatic rings. The third-order valence-electron chi connectivity index (χ3n) is 2.71. The van der Waals surface area contributed by atoms with Gasteiger partial charge in [-0.1, -0.05) is 6.92 Å². The molecule has 2 aromatic heterocycles. The monoisotopic (exact) mass is 407 g/mol. The molecule has 0 aliphatic rings. The molecule has 2 heterocycles. The second kappa shape index (κ2) is 6.66. The van der Waals surface area contributed by atoms with Crippen LogP contribution in [0.3, 0.4) is 0 Å². The second-order valence-electron chi connectivity index (χ2n) is 4.09. The highest BCUT2D eigenvalue weighted by Gasteiger charge is 2.19. The Bertz CT molecular complexity index is 519. The summed E-state index contributed by atoms with van der Waals surface area (Å²) in [5, 5.41) is 3.64. The number of hydrogen-bond donors (Lipinski definition) is 1. The number of nitrogens with one attached hydrogen (secondary N) is 1. The lowest BCUT2D eigenvalue weighted by Crippen LogP contribution is -2.22. The molecule has 0 spiro atoms. The van der Waals surface area contributed by atoms with Crippen LogP contribution in [0.1, 0.15) is 34.7 Å². The number of thiophene rings is 2. The Morgan fingerprint density at radius 1 is 1.22 bits per heavy atom. The van der Waals surface area contributed by atoms with E-state index in [1.807, 2.05) is 0 Å². The maximum Gasteiger partial charge on any atom is 0.0704 e. The van der Waals surface area contributed by atoms with Gasteiger partial charge in [-0.05, 0) is 75.5 Å². The quantitative estimate of drug-likeness (QED) is 0.665. The van der Waals surface area contributed by atoms with Crippen LogP contribution in [0, 0.1) is 6.92 Å². The van der Waals surface area contributed by atoms with Crippen LogP contribution in [0.2, 0.25) is 0 Å². The first-order valence-electron chi connectivity index (χ1n) is 5.86. The van der Waals surface area contributed by atoms with Crippen LogP contribution in [-0.4, -0.2) is 6.54 Å². The van der Waals surface area contributed by atoms with Crippen molar-refractivity contribution in [2.75, 3.05) is 6.54 Å². The van der Waals surface area contributed by atoms with E-state index in [1.165, 1.54) is 22.9 Å². The summed E-state index contributed by atoms with van der Waals surface area (Å²) in [6.07, 6.45) is 1.15. The van der Waals surface area contributed by atoms with Crippen molar-refractivity contribution < 1.29 is 0 Å². The van der Waals surface area contributed by atoms with Gasteiger partial charge in [0.1, 0.15) is 0 Å². The van der Waals surface area contributed by atoms with E-state index in [0.717, 1.165) is 13.0 Å². The fraction of sp³-hybridized carbons (Fsp3) is 0.385. The molecule has 0 saturated carbocycles. The Labute approximate surface area is 133 Å². The van der Waals surface area contributed by atoms with Gasteiger partial charge >= 0.3 is 0 Å². The van der Waals surface area contributed by atoms with Gasteiger partial charge < -0.3 is 5.32 Å². The molecular formula is C13H15Br2NS2. The molecule has 1 nitrogen and oxygen atoms in total. The van der Waals surface area contributed by atoms with Crippen LogP contribution in [0.5, 0.6) is 0 Å². The minimum Gasteiger partial charge on any atom is -0.306 e. The molecule has 0 radical (unpaired) electrons. The van der Waals surface area contributed by atoms with Crippen LogP contribution >= 0.6 is 54.5 Å². The summed E-state index contributed by atoms with van der Waals surface area (Å²) in [5.74, 6) is 0. The topological polar surface area (TPSA) is 12.0 Å². The van der Waals surface area contributed by atoms with E-state index in [1.54, 1.807) is 22.7 Å². The Morgan fingerprint density at radius 2 is 2.00 bits per heavy atom. The predicted molar refractivity (Wildman–Crippen MR) is 88.9 cm³/mol. The molecule has 0 saturated heterocycles. The normalized spacial score (nSPS) is 12.9. The Balaban J connectivity index is 2.33. The first kappa shape index (κ1) is 14.7. The smallest absolute Gasteiger partial charge is 0.0704 e. The zero-order valence-corrected chi connectivity index (χ0v) is 15.1. The van der Waals surface area contributed by atoms with Crippen molar-refractivity contribution in [3.63, 3.8) is 0 Å². The zero-order chi connectivity index (χ0) is 13.1. The average Bonchev–Trinajstić information content (AvgIpc) is 2.87. The minimum absolute atomic E-state index is 0.309. The molecule has 5 heteroatoms. The molecule has 0 fully saturated rings. The van der Waals surface area contributed by atoms with E-state index in [-0.39, 0.29) is 0 Å². The van der Waals surface area contributed by atoms with Gasteiger partial charge in [0.05, 0.1) is 13.6 Å². The van der Waals surface area contributed by atoms with E-state index in [4.69, 9.17) is 0 Å². The van der Waals surface area contributed by atoms with E-state index in [2.05, 4.69) is 69.2 Å². The van der Waals surface area contributed by atoms with E-state index in [0.29, 0.717) is 6.04 Å². The average molecular weight is 409 g/mol. The second-order valence-corrected chi connectivity index (χ2v) is 9.22. The first-order valence-corrected chi connectivity index (χ1v) is 9.08. The van der Waals surface area contributed by atoms with Crippen molar-refractivity contribution in [3.05, 3.63) is 41.1 Å². The van der Waals surface area contributed by atoms with Crippen LogP contribution in [-0.2, 0) is 0 Å². The highest BCUT2D eigenvalue weighted by molar-refractivity contribution is 9.11. The first-order chi connectivity index (χ1) is 8.61. The molecule has 1 N–H and O–H groups in total. The molecule has 0 amide bonds. The molecule has 1 unspecified atom stereocenters. The van der Waals surface area contributed by atoms with Gasteiger partial charge in [0.15, 0.2) is 0 Å². The standard InChI is InChI=1S/C13H15Br2NS2/c1-3-6-16-13(10-4-5-11(14)18-10)9-7-12(15)17-8(9)2/h4-5,7,13,16H,3,6H2,1-2H3. The third kappa shape index (κ3) is 3.45. The van der Waals surface area contributed by atoms with Crippen molar-refractivity contribution >= 4 is 54.5 Å². The summed E-state index contributed by atoms with van der Waals surface area (Å²) in [6, 6.07) is 6.87. The number of halogens is 2. The van der Waals surface area contributed by atoms with Gasteiger partial charge in [0.2, 0.25) is 0 Å². The molecule has 0 aliphatic carbocycles. The third-order valence-corrected chi connectivity index (χ3v) is 5.97. The van der Waals surface area contributed by atoms with Gasteiger partial charge in [0, 0.05) is 9.75 Å². The van der Waals surface area contributed by atoms with Crippen molar-refractivity contribution in [1.82, 2.24) is 5.32 Å². The lowest BCUT2D eigenvalue weighted by atomic mass is 10.1. The van der Waals surface area contributed by atoms with Gasteiger partial charge in [-0.3, -0.25) is 0 Å². The zero-order valence-electron chi connectivity index (χ0n) is 10.3. The van der Waals surface area contributed by atoms with E-state index in [9.17, 15) is 0 Å². The minimum atomic E-state index is 0.309. The fourth-order valence-corrected chi connectivity index (χ4v) is 5.15.